The number of anilines is 1. The largest absolute Gasteiger partial charge is 0.315 e. The number of hydrogen-bond acceptors (Lipinski definition) is 6. The topological polar surface area (TPSA) is 101 Å². The summed E-state index contributed by atoms with van der Waals surface area (Å²) in [6.07, 6.45) is 4.36. The van der Waals surface area contributed by atoms with Crippen molar-refractivity contribution in [1.29, 1.82) is 5.26 Å². The fraction of sp³-hybridized carbons (Fsp3) is 0.350. The molecule has 28 heavy (non-hydrogen) atoms. The Morgan fingerprint density at radius 3 is 2.93 bits per heavy atom. The molecular formula is C20H19N5O2S. The molecule has 0 radical (unpaired) electrons. The lowest BCUT2D eigenvalue weighted by Crippen LogP contribution is -2.35. The first-order valence-electron chi connectivity index (χ1n) is 9.33. The number of hydrogen-bond donors (Lipinski definition) is 1. The molecule has 1 aliphatic rings. The molecule has 8 heteroatoms. The fourth-order valence-electron chi connectivity index (χ4n) is 3.64. The summed E-state index contributed by atoms with van der Waals surface area (Å²) in [7, 11) is 0. The SMILES string of the molecule is CC[C@@H](C(=O)Nc1sc2c(c1C#N)CCCC2)n1nnc2ccccc2c1=O. The van der Waals surface area contributed by atoms with Crippen molar-refractivity contribution in [3.8, 4) is 6.07 Å². The Kier molecular flexibility index (Phi) is 4.92. The van der Waals surface area contributed by atoms with E-state index in [1.54, 1.807) is 24.3 Å². The molecule has 2 aromatic heterocycles. The monoisotopic (exact) mass is 393 g/mol. The first kappa shape index (κ1) is 18.3. The number of nitriles is 1. The van der Waals surface area contributed by atoms with Crippen molar-refractivity contribution in [3.63, 3.8) is 0 Å². The highest BCUT2D eigenvalue weighted by atomic mass is 32.1. The molecule has 1 N–H and O–H groups in total. The summed E-state index contributed by atoms with van der Waals surface area (Å²) in [4.78, 5) is 26.9. The van der Waals surface area contributed by atoms with E-state index in [1.165, 1.54) is 16.2 Å². The Morgan fingerprint density at radius 1 is 1.36 bits per heavy atom. The number of amides is 1. The zero-order chi connectivity index (χ0) is 19.7. The van der Waals surface area contributed by atoms with Gasteiger partial charge in [-0.2, -0.15) is 9.94 Å². The van der Waals surface area contributed by atoms with Crippen LogP contribution in [0.15, 0.2) is 29.1 Å². The number of nitrogens with zero attached hydrogens (tertiary/aromatic N) is 4. The second-order valence-electron chi connectivity index (χ2n) is 6.80. The third-order valence-electron chi connectivity index (χ3n) is 5.10. The van der Waals surface area contributed by atoms with Gasteiger partial charge in [-0.05, 0) is 49.8 Å². The van der Waals surface area contributed by atoms with E-state index in [-0.39, 0.29) is 11.5 Å². The molecule has 1 atom stereocenters. The Labute approximate surface area is 165 Å². The fourth-order valence-corrected chi connectivity index (χ4v) is 4.89. The van der Waals surface area contributed by atoms with E-state index in [1.807, 2.05) is 6.92 Å². The van der Waals surface area contributed by atoms with Gasteiger partial charge in [0.05, 0.1) is 10.9 Å². The molecule has 142 valence electrons. The van der Waals surface area contributed by atoms with E-state index in [2.05, 4.69) is 21.7 Å². The minimum atomic E-state index is -0.796. The van der Waals surface area contributed by atoms with Gasteiger partial charge >= 0.3 is 0 Å². The molecule has 2 heterocycles. The molecule has 0 spiro atoms. The van der Waals surface area contributed by atoms with Gasteiger partial charge in [-0.1, -0.05) is 24.3 Å². The van der Waals surface area contributed by atoms with Gasteiger partial charge in [0.15, 0.2) is 0 Å². The van der Waals surface area contributed by atoms with Crippen molar-refractivity contribution in [1.82, 2.24) is 15.0 Å². The van der Waals surface area contributed by atoms with Crippen LogP contribution < -0.4 is 10.9 Å². The maximum absolute atomic E-state index is 13.0. The molecule has 0 bridgehead atoms. The standard InChI is InChI=1S/C20H19N5O2S/c1-2-16(25-20(27)13-8-3-5-9-15(13)23-24-25)18(26)22-19-14(11-21)12-7-4-6-10-17(12)28-19/h3,5,8-9,16H,2,4,6-7,10H2,1H3,(H,22,26)/t16-/m0/s1. The maximum Gasteiger partial charge on any atom is 0.278 e. The van der Waals surface area contributed by atoms with Gasteiger partial charge in [0.25, 0.3) is 5.56 Å². The molecule has 0 unspecified atom stereocenters. The quantitative estimate of drug-likeness (QED) is 0.734. The Balaban J connectivity index is 1.68. The van der Waals surface area contributed by atoms with Crippen LogP contribution in [0, 0.1) is 11.3 Å². The van der Waals surface area contributed by atoms with Gasteiger partial charge in [0, 0.05) is 4.88 Å². The molecule has 1 aliphatic carbocycles. The summed E-state index contributed by atoms with van der Waals surface area (Å²) in [5, 5.41) is 21.5. The average molecular weight is 393 g/mol. The maximum atomic E-state index is 13.0. The van der Waals surface area contributed by atoms with Crippen LogP contribution in [0.25, 0.3) is 10.9 Å². The van der Waals surface area contributed by atoms with Crippen LogP contribution >= 0.6 is 11.3 Å². The Morgan fingerprint density at radius 2 is 2.14 bits per heavy atom. The number of carbonyl (C=O) groups excluding carboxylic acids is 1. The lowest BCUT2D eigenvalue weighted by Gasteiger charge is -2.16. The van der Waals surface area contributed by atoms with Crippen LogP contribution in [0.4, 0.5) is 5.00 Å². The van der Waals surface area contributed by atoms with Crippen molar-refractivity contribution in [3.05, 3.63) is 50.6 Å². The minimum Gasteiger partial charge on any atom is -0.315 e. The van der Waals surface area contributed by atoms with Gasteiger partial charge < -0.3 is 5.32 Å². The molecule has 0 fully saturated rings. The van der Waals surface area contributed by atoms with Gasteiger partial charge in [0.1, 0.15) is 22.6 Å². The van der Waals surface area contributed by atoms with E-state index in [0.29, 0.717) is 27.9 Å². The van der Waals surface area contributed by atoms with Crippen LogP contribution in [0.1, 0.15) is 48.2 Å². The molecule has 1 aromatic carbocycles. The zero-order valence-electron chi connectivity index (χ0n) is 15.4. The molecule has 7 nitrogen and oxygen atoms in total. The first-order chi connectivity index (χ1) is 13.6. The van der Waals surface area contributed by atoms with Crippen molar-refractivity contribution in [2.75, 3.05) is 5.32 Å². The Bertz CT molecular complexity index is 1160. The molecule has 4 rings (SSSR count). The number of nitrogens with one attached hydrogen (secondary N) is 1. The third kappa shape index (κ3) is 3.08. The van der Waals surface area contributed by atoms with Crippen LogP contribution in [0.5, 0.6) is 0 Å². The smallest absolute Gasteiger partial charge is 0.278 e. The number of aryl methyl sites for hydroxylation is 1. The molecule has 3 aromatic rings. The second kappa shape index (κ2) is 7.52. The molecular weight excluding hydrogens is 374 g/mol. The van der Waals surface area contributed by atoms with Gasteiger partial charge in [-0.15, -0.1) is 16.4 Å². The van der Waals surface area contributed by atoms with Crippen LogP contribution in [0.3, 0.4) is 0 Å². The predicted molar refractivity (Wildman–Crippen MR) is 107 cm³/mol. The normalized spacial score (nSPS) is 14.3. The number of fused-ring (bicyclic) bond motifs is 2. The average Bonchev–Trinajstić information content (AvgIpc) is 3.07. The van der Waals surface area contributed by atoms with Gasteiger partial charge in [0.2, 0.25) is 5.91 Å². The zero-order valence-corrected chi connectivity index (χ0v) is 16.3. The van der Waals surface area contributed by atoms with E-state index < -0.39 is 6.04 Å². The highest BCUT2D eigenvalue weighted by Crippen LogP contribution is 2.37. The number of rotatable bonds is 4. The van der Waals surface area contributed by atoms with Crippen LogP contribution in [-0.4, -0.2) is 20.9 Å². The van der Waals surface area contributed by atoms with E-state index in [4.69, 9.17) is 0 Å². The lowest BCUT2D eigenvalue weighted by atomic mass is 9.96. The summed E-state index contributed by atoms with van der Waals surface area (Å²) in [6.45, 7) is 1.82. The van der Waals surface area contributed by atoms with E-state index >= 15 is 0 Å². The summed E-state index contributed by atoms with van der Waals surface area (Å²) < 4.78 is 1.14. The highest BCUT2D eigenvalue weighted by molar-refractivity contribution is 7.16. The number of thiophene rings is 1. The summed E-state index contributed by atoms with van der Waals surface area (Å²) in [6, 6.07) is 8.37. The van der Waals surface area contributed by atoms with Crippen molar-refractivity contribution >= 4 is 33.1 Å². The minimum absolute atomic E-state index is 0.349. The molecule has 0 aliphatic heterocycles. The summed E-state index contributed by atoms with van der Waals surface area (Å²) in [5.41, 5.74) is 1.76. The molecule has 0 saturated carbocycles. The predicted octanol–water partition coefficient (Wildman–Crippen LogP) is 3.19. The third-order valence-corrected chi connectivity index (χ3v) is 6.30. The van der Waals surface area contributed by atoms with Crippen molar-refractivity contribution in [2.24, 2.45) is 0 Å². The van der Waals surface area contributed by atoms with Crippen LogP contribution in [-0.2, 0) is 17.6 Å². The number of benzene rings is 1. The van der Waals surface area contributed by atoms with E-state index in [9.17, 15) is 14.9 Å². The van der Waals surface area contributed by atoms with Crippen LogP contribution in [0.2, 0.25) is 0 Å². The highest BCUT2D eigenvalue weighted by Gasteiger charge is 2.26. The first-order valence-corrected chi connectivity index (χ1v) is 10.2. The lowest BCUT2D eigenvalue weighted by molar-refractivity contribution is -0.119. The van der Waals surface area contributed by atoms with Gasteiger partial charge in [-0.25, -0.2) is 0 Å². The summed E-state index contributed by atoms with van der Waals surface area (Å²) >= 11 is 1.47. The number of aromatic nitrogens is 3. The van der Waals surface area contributed by atoms with Crippen molar-refractivity contribution in [2.45, 2.75) is 45.1 Å². The molecule has 1 amide bonds. The van der Waals surface area contributed by atoms with Crippen molar-refractivity contribution < 1.29 is 4.79 Å². The Hall–Kier alpha value is -3.05. The molecule has 0 saturated heterocycles. The summed E-state index contributed by atoms with van der Waals surface area (Å²) in [5.74, 6) is -0.357. The van der Waals surface area contributed by atoms with Gasteiger partial charge in [-0.3, -0.25) is 9.59 Å². The van der Waals surface area contributed by atoms with E-state index in [0.717, 1.165) is 35.9 Å². The number of carbonyl (C=O) groups is 1. The second-order valence-corrected chi connectivity index (χ2v) is 7.90.